The van der Waals surface area contributed by atoms with E-state index >= 15 is 0 Å². The van der Waals surface area contributed by atoms with Gasteiger partial charge in [0, 0.05) is 5.92 Å². The molecule has 1 aliphatic carbocycles. The summed E-state index contributed by atoms with van der Waals surface area (Å²) < 4.78 is 9.41. The van der Waals surface area contributed by atoms with Gasteiger partial charge < -0.3 is 14.6 Å². The summed E-state index contributed by atoms with van der Waals surface area (Å²) in [7, 11) is 2.47. The molecule has 128 valence electrons. The lowest BCUT2D eigenvalue weighted by molar-refractivity contribution is -0.148. The van der Waals surface area contributed by atoms with Gasteiger partial charge in [0.15, 0.2) is 0 Å². The predicted molar refractivity (Wildman–Crippen MR) is 83.3 cm³/mol. The van der Waals surface area contributed by atoms with Crippen molar-refractivity contribution in [3.8, 4) is 6.07 Å². The Morgan fingerprint density at radius 2 is 1.75 bits per heavy atom. The van der Waals surface area contributed by atoms with E-state index < -0.39 is 41.8 Å². The lowest BCUT2D eigenvalue weighted by Crippen LogP contribution is -2.36. The normalized spacial score (nSPS) is 24.3. The Morgan fingerprint density at radius 1 is 1.21 bits per heavy atom. The van der Waals surface area contributed by atoms with E-state index in [4.69, 9.17) is 9.47 Å². The largest absolute Gasteiger partial charge is 0.469 e. The highest BCUT2D eigenvalue weighted by Crippen LogP contribution is 2.50. The van der Waals surface area contributed by atoms with Crippen LogP contribution in [0.1, 0.15) is 11.6 Å². The molecule has 0 aliphatic heterocycles. The zero-order chi connectivity index (χ0) is 17.7. The molecule has 2 unspecified atom stereocenters. The third-order valence-corrected chi connectivity index (χ3v) is 4.31. The van der Waals surface area contributed by atoms with Crippen molar-refractivity contribution in [3.05, 3.63) is 35.9 Å². The van der Waals surface area contributed by atoms with E-state index in [-0.39, 0.29) is 6.61 Å². The van der Waals surface area contributed by atoms with Crippen LogP contribution in [0.4, 0.5) is 0 Å². The minimum Gasteiger partial charge on any atom is -0.469 e. The Bertz CT molecular complexity index is 606. The molecule has 0 radical (unpaired) electrons. The fourth-order valence-corrected chi connectivity index (χ4v) is 3.02. The zero-order valence-electron chi connectivity index (χ0n) is 13.5. The van der Waals surface area contributed by atoms with E-state index in [2.05, 4.69) is 11.4 Å². The Hall–Kier alpha value is -2.43. The van der Waals surface area contributed by atoms with Gasteiger partial charge in [-0.25, -0.2) is 0 Å². The van der Waals surface area contributed by atoms with Crippen molar-refractivity contribution in [1.82, 2.24) is 5.32 Å². The third kappa shape index (κ3) is 3.55. The summed E-state index contributed by atoms with van der Waals surface area (Å²) in [4.78, 5) is 23.7. The van der Waals surface area contributed by atoms with Gasteiger partial charge in [-0.3, -0.25) is 14.9 Å². The van der Waals surface area contributed by atoms with Crippen LogP contribution in [0.2, 0.25) is 0 Å². The van der Waals surface area contributed by atoms with Crippen LogP contribution >= 0.6 is 0 Å². The van der Waals surface area contributed by atoms with E-state index in [0.717, 1.165) is 5.56 Å². The Labute approximate surface area is 140 Å². The molecular formula is C17H20N2O5. The van der Waals surface area contributed by atoms with Gasteiger partial charge in [0.1, 0.15) is 6.04 Å². The van der Waals surface area contributed by atoms with Gasteiger partial charge in [0.25, 0.3) is 0 Å². The van der Waals surface area contributed by atoms with Gasteiger partial charge in [-0.1, -0.05) is 30.3 Å². The number of carbonyl (C=O) groups is 2. The predicted octanol–water partition coefficient (Wildman–Crippen LogP) is 0.410. The number of nitriles is 1. The van der Waals surface area contributed by atoms with Gasteiger partial charge in [0.05, 0.1) is 44.8 Å². The van der Waals surface area contributed by atoms with Crippen molar-refractivity contribution in [2.45, 2.75) is 12.1 Å². The number of rotatable bonds is 7. The molecule has 1 aromatic carbocycles. The number of nitrogens with one attached hydrogen (secondary N) is 1. The van der Waals surface area contributed by atoms with Crippen LogP contribution in [0.3, 0.4) is 0 Å². The first-order valence-corrected chi connectivity index (χ1v) is 7.56. The topological polar surface area (TPSA) is 109 Å². The highest BCUT2D eigenvalue weighted by molar-refractivity contribution is 5.88. The maximum Gasteiger partial charge on any atom is 0.309 e. The van der Waals surface area contributed by atoms with E-state index in [9.17, 15) is 20.0 Å². The quantitative estimate of drug-likeness (QED) is 0.696. The second-order valence-electron chi connectivity index (χ2n) is 5.59. The highest BCUT2D eigenvalue weighted by atomic mass is 16.5. The Morgan fingerprint density at radius 3 is 2.17 bits per heavy atom. The lowest BCUT2D eigenvalue weighted by atomic mass is 10.0. The number of hydrogen-bond acceptors (Lipinski definition) is 7. The third-order valence-electron chi connectivity index (χ3n) is 4.31. The van der Waals surface area contributed by atoms with E-state index in [1.165, 1.54) is 14.2 Å². The second-order valence-corrected chi connectivity index (χ2v) is 5.59. The molecule has 2 rings (SSSR count). The van der Waals surface area contributed by atoms with Crippen molar-refractivity contribution in [1.29, 1.82) is 5.26 Å². The second kappa shape index (κ2) is 7.90. The fourth-order valence-electron chi connectivity index (χ4n) is 3.02. The summed E-state index contributed by atoms with van der Waals surface area (Å²) in [6.45, 7) is -0.222. The summed E-state index contributed by atoms with van der Waals surface area (Å²) in [5.74, 6) is -3.06. The number of hydrogen-bond donors (Lipinski definition) is 2. The Balaban J connectivity index is 2.16. The first kappa shape index (κ1) is 17.9. The number of aliphatic hydroxyl groups is 1. The van der Waals surface area contributed by atoms with Crippen molar-refractivity contribution < 1.29 is 24.2 Å². The van der Waals surface area contributed by atoms with Gasteiger partial charge in [-0.05, 0) is 5.56 Å². The average Bonchev–Trinajstić information content (AvgIpc) is 3.37. The molecule has 7 nitrogen and oxygen atoms in total. The molecular weight excluding hydrogens is 312 g/mol. The summed E-state index contributed by atoms with van der Waals surface area (Å²) >= 11 is 0. The van der Waals surface area contributed by atoms with Crippen LogP contribution in [0, 0.1) is 29.1 Å². The van der Waals surface area contributed by atoms with Crippen LogP contribution in [0.25, 0.3) is 0 Å². The summed E-state index contributed by atoms with van der Waals surface area (Å²) in [5.41, 5.74) is 0.810. The minimum atomic E-state index is -0.796. The molecule has 0 amide bonds. The standard InChI is InChI=1S/C17H20N2O5/c1-23-16(21)14-13(15(14)17(22)24-2)11(8-18)19-12(9-20)10-6-4-3-5-7-10/h3-7,11-15,19-20H,9H2,1-2H3/t11-,12-,13?,14?,15?/m0/s1. The molecule has 0 aromatic heterocycles. The van der Waals surface area contributed by atoms with Crippen molar-refractivity contribution in [3.63, 3.8) is 0 Å². The number of carbonyl (C=O) groups excluding carboxylic acids is 2. The van der Waals surface area contributed by atoms with Crippen LogP contribution in [0.15, 0.2) is 30.3 Å². The van der Waals surface area contributed by atoms with Gasteiger partial charge >= 0.3 is 11.9 Å². The van der Waals surface area contributed by atoms with Crippen molar-refractivity contribution >= 4 is 11.9 Å². The number of ether oxygens (including phenoxy) is 2. The van der Waals surface area contributed by atoms with Crippen molar-refractivity contribution in [2.75, 3.05) is 20.8 Å². The van der Waals surface area contributed by atoms with E-state index in [1.807, 2.05) is 30.3 Å². The van der Waals surface area contributed by atoms with E-state index in [0.29, 0.717) is 0 Å². The highest BCUT2D eigenvalue weighted by Gasteiger charge is 2.64. The molecule has 4 atom stereocenters. The van der Waals surface area contributed by atoms with E-state index in [1.54, 1.807) is 0 Å². The summed E-state index contributed by atoms with van der Waals surface area (Å²) in [6.07, 6.45) is 0. The maximum atomic E-state index is 11.8. The molecule has 0 heterocycles. The molecule has 0 bridgehead atoms. The van der Waals surface area contributed by atoms with Crippen LogP contribution in [-0.4, -0.2) is 43.9 Å². The van der Waals surface area contributed by atoms with Gasteiger partial charge in [-0.2, -0.15) is 5.26 Å². The fraction of sp³-hybridized carbons (Fsp3) is 0.471. The zero-order valence-corrected chi connectivity index (χ0v) is 13.5. The number of methoxy groups -OCH3 is 2. The molecule has 24 heavy (non-hydrogen) atoms. The molecule has 1 saturated carbocycles. The smallest absolute Gasteiger partial charge is 0.309 e. The average molecular weight is 332 g/mol. The molecule has 0 saturated heterocycles. The molecule has 7 heteroatoms. The first-order valence-electron chi connectivity index (χ1n) is 7.56. The molecule has 1 aromatic rings. The Kier molecular flexibility index (Phi) is 5.90. The van der Waals surface area contributed by atoms with Crippen LogP contribution in [-0.2, 0) is 19.1 Å². The monoisotopic (exact) mass is 332 g/mol. The van der Waals surface area contributed by atoms with Crippen LogP contribution < -0.4 is 5.32 Å². The van der Waals surface area contributed by atoms with Crippen LogP contribution in [0.5, 0.6) is 0 Å². The number of nitrogens with zero attached hydrogens (tertiary/aromatic N) is 1. The molecule has 1 aliphatic rings. The van der Waals surface area contributed by atoms with Crippen molar-refractivity contribution in [2.24, 2.45) is 17.8 Å². The summed E-state index contributed by atoms with van der Waals surface area (Å²) in [5, 5.41) is 22.1. The number of esters is 2. The number of benzene rings is 1. The lowest BCUT2D eigenvalue weighted by Gasteiger charge is -2.20. The molecule has 1 fully saturated rings. The van der Waals surface area contributed by atoms with Gasteiger partial charge in [-0.15, -0.1) is 0 Å². The first-order chi connectivity index (χ1) is 11.6. The SMILES string of the molecule is COC(=O)C1C(C(=O)OC)C1[C@H](C#N)N[C@@H](CO)c1ccccc1. The number of aliphatic hydroxyl groups excluding tert-OH is 1. The summed E-state index contributed by atoms with van der Waals surface area (Å²) in [6, 6.07) is 9.95. The maximum absolute atomic E-state index is 11.8. The molecule has 2 N–H and O–H groups in total. The minimum absolute atomic E-state index is 0.222. The molecule has 0 spiro atoms. The van der Waals surface area contributed by atoms with Gasteiger partial charge in [0.2, 0.25) is 0 Å².